The highest BCUT2D eigenvalue weighted by atomic mass is 16.7. The van der Waals surface area contributed by atoms with Crippen LogP contribution in [0, 0.1) is 0 Å². The molecule has 152 valence electrons. The Hall–Kier alpha value is -2.69. The predicted octanol–water partition coefficient (Wildman–Crippen LogP) is -0.981. The van der Waals surface area contributed by atoms with Gasteiger partial charge < -0.3 is 28.8 Å². The van der Waals surface area contributed by atoms with E-state index in [2.05, 4.69) is 0 Å². The molecule has 27 heavy (non-hydrogen) atoms. The van der Waals surface area contributed by atoms with Crippen LogP contribution in [0.25, 0.3) is 0 Å². The fourth-order valence-electron chi connectivity index (χ4n) is 2.77. The molecule has 1 rings (SSSR count). The Bertz CT molecular complexity index is 569. The van der Waals surface area contributed by atoms with Crippen molar-refractivity contribution in [1.29, 1.82) is 0 Å². The molecule has 1 saturated carbocycles. The molecule has 1 aliphatic rings. The van der Waals surface area contributed by atoms with Crippen molar-refractivity contribution in [3.63, 3.8) is 0 Å². The molecular weight excluding hydrogens is 368 g/mol. The van der Waals surface area contributed by atoms with Crippen molar-refractivity contribution in [2.24, 2.45) is 0 Å². The number of hydrogen-bond donors (Lipinski definition) is 1. The molecule has 0 bridgehead atoms. The molecule has 0 spiro atoms. The lowest BCUT2D eigenvalue weighted by Gasteiger charge is -2.45. The summed E-state index contributed by atoms with van der Waals surface area (Å²) < 4.78 is 25.2. The first-order valence-electron chi connectivity index (χ1n) is 7.98. The van der Waals surface area contributed by atoms with Gasteiger partial charge in [-0.3, -0.25) is 24.0 Å². The Morgan fingerprint density at radius 2 is 0.667 bits per heavy atom. The maximum absolute atomic E-state index is 11.5. The molecule has 1 fully saturated rings. The van der Waals surface area contributed by atoms with Crippen LogP contribution in [0.3, 0.4) is 0 Å². The standard InChI is InChI=1S/C16H22O11/c1-6(17)23-12-11(22)13(24-7(2)18)15(26-9(4)20)16(27-10(5)21)14(12)25-8(3)19/h11-16,22H,1-5H3/t11-,12-,13-,14+,15-,16-/m0/s1. The summed E-state index contributed by atoms with van der Waals surface area (Å²) in [4.78, 5) is 57.4. The monoisotopic (exact) mass is 390 g/mol. The van der Waals surface area contributed by atoms with E-state index in [1.54, 1.807) is 0 Å². The van der Waals surface area contributed by atoms with Crippen LogP contribution in [-0.2, 0) is 47.7 Å². The zero-order valence-electron chi connectivity index (χ0n) is 15.5. The van der Waals surface area contributed by atoms with Crippen molar-refractivity contribution in [2.75, 3.05) is 0 Å². The highest BCUT2D eigenvalue weighted by Gasteiger charge is 2.58. The van der Waals surface area contributed by atoms with Gasteiger partial charge >= 0.3 is 29.8 Å². The van der Waals surface area contributed by atoms with Crippen LogP contribution in [0.4, 0.5) is 0 Å². The van der Waals surface area contributed by atoms with Crippen molar-refractivity contribution in [2.45, 2.75) is 71.2 Å². The second-order valence-electron chi connectivity index (χ2n) is 5.86. The average Bonchev–Trinajstić information content (AvgIpc) is 2.49. The summed E-state index contributed by atoms with van der Waals surface area (Å²) in [5.74, 6) is -4.20. The number of hydrogen-bond acceptors (Lipinski definition) is 11. The Kier molecular flexibility index (Phi) is 7.70. The van der Waals surface area contributed by atoms with Gasteiger partial charge in [-0.05, 0) is 0 Å². The van der Waals surface area contributed by atoms with Crippen molar-refractivity contribution < 1.29 is 52.8 Å². The van der Waals surface area contributed by atoms with Crippen LogP contribution in [0.15, 0.2) is 0 Å². The highest BCUT2D eigenvalue weighted by Crippen LogP contribution is 2.32. The van der Waals surface area contributed by atoms with Gasteiger partial charge in [0.05, 0.1) is 0 Å². The first-order chi connectivity index (χ1) is 12.4. The number of aliphatic hydroxyl groups excluding tert-OH is 1. The highest BCUT2D eigenvalue weighted by molar-refractivity contribution is 5.70. The third kappa shape index (κ3) is 6.20. The molecular formula is C16H22O11. The van der Waals surface area contributed by atoms with Gasteiger partial charge in [0.25, 0.3) is 0 Å². The summed E-state index contributed by atoms with van der Waals surface area (Å²) in [5, 5.41) is 10.6. The topological polar surface area (TPSA) is 152 Å². The van der Waals surface area contributed by atoms with Crippen LogP contribution in [-0.4, -0.2) is 71.6 Å². The first kappa shape index (κ1) is 22.4. The second-order valence-corrected chi connectivity index (χ2v) is 5.86. The summed E-state index contributed by atoms with van der Waals surface area (Å²) in [6.07, 6.45) is -9.37. The minimum absolute atomic E-state index is 0.839. The van der Waals surface area contributed by atoms with E-state index >= 15 is 0 Å². The maximum atomic E-state index is 11.5. The minimum atomic E-state index is -1.74. The van der Waals surface area contributed by atoms with Gasteiger partial charge in [0.2, 0.25) is 0 Å². The lowest BCUT2D eigenvalue weighted by molar-refractivity contribution is -0.255. The van der Waals surface area contributed by atoms with E-state index < -0.39 is 66.5 Å². The summed E-state index contributed by atoms with van der Waals surface area (Å²) in [7, 11) is 0. The fourth-order valence-corrected chi connectivity index (χ4v) is 2.77. The van der Waals surface area contributed by atoms with Gasteiger partial charge in [-0.25, -0.2) is 0 Å². The first-order valence-corrected chi connectivity index (χ1v) is 7.98. The molecule has 0 aromatic heterocycles. The number of esters is 5. The Morgan fingerprint density at radius 3 is 0.889 bits per heavy atom. The molecule has 0 unspecified atom stereocenters. The van der Waals surface area contributed by atoms with Crippen molar-refractivity contribution in [3.8, 4) is 0 Å². The molecule has 0 amide bonds. The van der Waals surface area contributed by atoms with Crippen LogP contribution >= 0.6 is 0 Å². The van der Waals surface area contributed by atoms with Crippen LogP contribution in [0.2, 0.25) is 0 Å². The van der Waals surface area contributed by atoms with Crippen molar-refractivity contribution in [1.82, 2.24) is 0 Å². The molecule has 0 aromatic rings. The predicted molar refractivity (Wildman–Crippen MR) is 83.8 cm³/mol. The summed E-state index contributed by atoms with van der Waals surface area (Å²) >= 11 is 0. The molecule has 0 aliphatic heterocycles. The Morgan fingerprint density at radius 1 is 0.481 bits per heavy atom. The molecule has 1 aliphatic carbocycles. The van der Waals surface area contributed by atoms with Crippen molar-refractivity contribution >= 4 is 29.8 Å². The smallest absolute Gasteiger partial charge is 0.303 e. The summed E-state index contributed by atoms with van der Waals surface area (Å²) in [5.41, 5.74) is 0. The van der Waals surface area contributed by atoms with E-state index in [0.717, 1.165) is 34.6 Å². The lowest BCUT2D eigenvalue weighted by Crippen LogP contribution is -2.68. The lowest BCUT2D eigenvalue weighted by atomic mass is 9.84. The summed E-state index contributed by atoms with van der Waals surface area (Å²) in [6, 6.07) is 0. The average molecular weight is 390 g/mol. The molecule has 6 atom stereocenters. The zero-order valence-corrected chi connectivity index (χ0v) is 15.5. The third-order valence-electron chi connectivity index (χ3n) is 3.48. The fraction of sp³-hybridized carbons (Fsp3) is 0.688. The van der Waals surface area contributed by atoms with Gasteiger partial charge in [0.1, 0.15) is 6.10 Å². The maximum Gasteiger partial charge on any atom is 0.303 e. The molecule has 11 nitrogen and oxygen atoms in total. The number of carbonyl (C=O) groups is 5. The van der Waals surface area contributed by atoms with Crippen LogP contribution < -0.4 is 0 Å². The van der Waals surface area contributed by atoms with Crippen LogP contribution in [0.5, 0.6) is 0 Å². The normalized spacial score (nSPS) is 29.9. The van der Waals surface area contributed by atoms with Gasteiger partial charge in [0, 0.05) is 34.6 Å². The second kappa shape index (κ2) is 9.31. The van der Waals surface area contributed by atoms with E-state index in [1.807, 2.05) is 0 Å². The molecule has 0 aromatic carbocycles. The van der Waals surface area contributed by atoms with Gasteiger partial charge in [-0.15, -0.1) is 0 Å². The zero-order chi connectivity index (χ0) is 20.9. The molecule has 0 heterocycles. The minimum Gasteiger partial charge on any atom is -0.455 e. The number of ether oxygens (including phenoxy) is 5. The number of aliphatic hydroxyl groups is 1. The third-order valence-corrected chi connectivity index (χ3v) is 3.48. The quantitative estimate of drug-likeness (QED) is 0.455. The van der Waals surface area contributed by atoms with E-state index in [-0.39, 0.29) is 0 Å². The molecule has 1 N–H and O–H groups in total. The SMILES string of the molecule is CC(=O)O[C@@H]1[C@@H](OC(C)=O)[C@@H](OC(C)=O)[C@@H](O)[C@H](OC(C)=O)[C@H]1OC(C)=O. The largest absolute Gasteiger partial charge is 0.455 e. The van der Waals surface area contributed by atoms with E-state index in [0.29, 0.717) is 0 Å². The van der Waals surface area contributed by atoms with Gasteiger partial charge in [0.15, 0.2) is 30.5 Å². The van der Waals surface area contributed by atoms with E-state index in [9.17, 15) is 29.1 Å². The number of rotatable bonds is 5. The van der Waals surface area contributed by atoms with Gasteiger partial charge in [-0.2, -0.15) is 0 Å². The summed E-state index contributed by atoms with van der Waals surface area (Å²) in [6.45, 7) is 5.21. The molecule has 11 heteroatoms. The Balaban J connectivity index is 3.46. The van der Waals surface area contributed by atoms with Crippen LogP contribution in [0.1, 0.15) is 34.6 Å². The Labute approximate surface area is 154 Å². The van der Waals surface area contributed by atoms with Gasteiger partial charge in [-0.1, -0.05) is 0 Å². The molecule has 0 saturated heterocycles. The van der Waals surface area contributed by atoms with E-state index in [4.69, 9.17) is 23.7 Å². The number of carbonyl (C=O) groups excluding carboxylic acids is 5. The molecule has 0 radical (unpaired) electrons. The van der Waals surface area contributed by atoms with Crippen molar-refractivity contribution in [3.05, 3.63) is 0 Å². The van der Waals surface area contributed by atoms with E-state index in [1.165, 1.54) is 0 Å².